The molecule has 3 heterocycles. The lowest BCUT2D eigenvalue weighted by molar-refractivity contribution is -0.136. The van der Waals surface area contributed by atoms with E-state index < -0.39 is 0 Å². The molecule has 0 saturated carbocycles. The maximum absolute atomic E-state index is 12.9. The fourth-order valence-corrected chi connectivity index (χ4v) is 2.83. The number of hydrogen-bond donors (Lipinski definition) is 0. The van der Waals surface area contributed by atoms with Gasteiger partial charge in [0.25, 0.3) is 0 Å². The molecule has 3 rings (SSSR count). The monoisotopic (exact) mass is 315 g/mol. The number of nitrogens with zero attached hydrogens (tertiary/aromatic N) is 7. The summed E-state index contributed by atoms with van der Waals surface area (Å²) in [6.07, 6.45) is 6.54. The number of aromatic nitrogens is 5. The van der Waals surface area contributed by atoms with Crippen LogP contribution in [0.2, 0.25) is 0 Å². The first-order chi connectivity index (χ1) is 11.2. The molecule has 8 heteroatoms. The molecule has 0 spiro atoms. The summed E-state index contributed by atoms with van der Waals surface area (Å²) in [5.41, 5.74) is 0. The van der Waals surface area contributed by atoms with Crippen LogP contribution in [0.3, 0.4) is 0 Å². The Morgan fingerprint density at radius 2 is 1.83 bits per heavy atom. The van der Waals surface area contributed by atoms with Crippen LogP contribution in [0.5, 0.6) is 0 Å². The maximum Gasteiger partial charge on any atom is 0.247 e. The van der Waals surface area contributed by atoms with Crippen LogP contribution in [0.25, 0.3) is 0 Å². The van der Waals surface area contributed by atoms with E-state index in [0.717, 1.165) is 19.0 Å². The molecule has 1 aliphatic heterocycles. The Balaban J connectivity index is 1.66. The molecule has 1 atom stereocenters. The molecule has 23 heavy (non-hydrogen) atoms. The minimum atomic E-state index is -0.308. The third-order valence-corrected chi connectivity index (χ3v) is 4.03. The van der Waals surface area contributed by atoms with Crippen LogP contribution < -0.4 is 4.90 Å². The van der Waals surface area contributed by atoms with Crippen molar-refractivity contribution in [3.05, 3.63) is 31.1 Å². The summed E-state index contributed by atoms with van der Waals surface area (Å²) in [6, 6.07) is 1.49. The second kappa shape index (κ2) is 6.72. The first-order valence-corrected chi connectivity index (χ1v) is 7.81. The number of hydrogen-bond acceptors (Lipinski definition) is 6. The second-order valence-electron chi connectivity index (χ2n) is 5.93. The Labute approximate surface area is 135 Å². The van der Waals surface area contributed by atoms with Gasteiger partial charge in [0.05, 0.1) is 0 Å². The van der Waals surface area contributed by atoms with E-state index in [2.05, 4.69) is 25.0 Å². The standard InChI is InChI=1S/C15H21N7O/c1-12(2)13(22-11-16-10-19-22)14(23)20-6-8-21(9-7-20)15-17-4-3-5-18-15/h3-5,10-13H,6-9H2,1-2H3/t13-/m0/s1. The van der Waals surface area contributed by atoms with Crippen LogP contribution in [0.1, 0.15) is 19.9 Å². The topological polar surface area (TPSA) is 80.0 Å². The van der Waals surface area contributed by atoms with Gasteiger partial charge in [-0.3, -0.25) is 4.79 Å². The van der Waals surface area contributed by atoms with Gasteiger partial charge in [0.15, 0.2) is 0 Å². The Hall–Kier alpha value is -2.51. The fraction of sp³-hybridized carbons (Fsp3) is 0.533. The second-order valence-corrected chi connectivity index (χ2v) is 5.93. The Morgan fingerprint density at radius 1 is 1.13 bits per heavy atom. The lowest BCUT2D eigenvalue weighted by atomic mass is 10.0. The van der Waals surface area contributed by atoms with Crippen molar-refractivity contribution in [3.8, 4) is 0 Å². The Morgan fingerprint density at radius 3 is 2.39 bits per heavy atom. The molecule has 0 aromatic carbocycles. The Kier molecular flexibility index (Phi) is 4.50. The quantitative estimate of drug-likeness (QED) is 0.822. The molecule has 0 radical (unpaired) electrons. The smallest absolute Gasteiger partial charge is 0.247 e. The number of anilines is 1. The molecule has 0 aliphatic carbocycles. The van der Waals surface area contributed by atoms with Crippen molar-refractivity contribution < 1.29 is 4.79 Å². The predicted molar refractivity (Wildman–Crippen MR) is 84.7 cm³/mol. The van der Waals surface area contributed by atoms with Gasteiger partial charge in [-0.15, -0.1) is 0 Å². The summed E-state index contributed by atoms with van der Waals surface area (Å²) in [4.78, 5) is 29.4. The zero-order valence-electron chi connectivity index (χ0n) is 13.4. The molecule has 2 aromatic heterocycles. The van der Waals surface area contributed by atoms with E-state index in [4.69, 9.17) is 0 Å². The summed E-state index contributed by atoms with van der Waals surface area (Å²) < 4.78 is 1.65. The van der Waals surface area contributed by atoms with E-state index >= 15 is 0 Å². The lowest BCUT2D eigenvalue weighted by Gasteiger charge is -2.37. The average Bonchev–Trinajstić information content (AvgIpc) is 3.09. The fourth-order valence-electron chi connectivity index (χ4n) is 2.83. The SMILES string of the molecule is CC(C)[C@@H](C(=O)N1CCN(c2ncccn2)CC1)n1cncn1. The molecule has 1 fully saturated rings. The summed E-state index contributed by atoms with van der Waals surface area (Å²) in [5.74, 6) is 0.968. The number of piperazine rings is 1. The molecule has 2 aromatic rings. The number of carbonyl (C=O) groups is 1. The van der Waals surface area contributed by atoms with Gasteiger partial charge in [-0.25, -0.2) is 19.6 Å². The molecule has 1 aliphatic rings. The first-order valence-electron chi connectivity index (χ1n) is 7.81. The number of rotatable bonds is 4. The highest BCUT2D eigenvalue weighted by atomic mass is 16.2. The lowest BCUT2D eigenvalue weighted by Crippen LogP contribution is -2.51. The third-order valence-electron chi connectivity index (χ3n) is 4.03. The zero-order valence-corrected chi connectivity index (χ0v) is 13.4. The summed E-state index contributed by atoms with van der Waals surface area (Å²) in [5, 5.41) is 4.14. The predicted octanol–water partition coefficient (Wildman–Crippen LogP) is 0.614. The summed E-state index contributed by atoms with van der Waals surface area (Å²) >= 11 is 0. The molecule has 8 nitrogen and oxygen atoms in total. The van der Waals surface area contributed by atoms with Gasteiger partial charge in [0, 0.05) is 38.6 Å². The highest BCUT2D eigenvalue weighted by molar-refractivity contribution is 5.80. The van der Waals surface area contributed by atoms with Crippen molar-refractivity contribution in [2.45, 2.75) is 19.9 Å². The molecular weight excluding hydrogens is 294 g/mol. The molecule has 0 N–H and O–H groups in total. The molecule has 1 saturated heterocycles. The minimum Gasteiger partial charge on any atom is -0.337 e. The van der Waals surface area contributed by atoms with Crippen molar-refractivity contribution in [1.82, 2.24) is 29.6 Å². The van der Waals surface area contributed by atoms with E-state index in [1.54, 1.807) is 29.5 Å². The first kappa shape index (κ1) is 15.4. The van der Waals surface area contributed by atoms with Gasteiger partial charge in [-0.2, -0.15) is 5.10 Å². The molecule has 0 unspecified atom stereocenters. The summed E-state index contributed by atoms with van der Waals surface area (Å²) in [6.45, 7) is 6.84. The van der Waals surface area contributed by atoms with E-state index in [-0.39, 0.29) is 17.9 Å². The highest BCUT2D eigenvalue weighted by Crippen LogP contribution is 2.21. The van der Waals surface area contributed by atoms with Crippen LogP contribution in [0.4, 0.5) is 5.95 Å². The van der Waals surface area contributed by atoms with Crippen molar-refractivity contribution in [3.63, 3.8) is 0 Å². The molecule has 0 bridgehead atoms. The van der Waals surface area contributed by atoms with Gasteiger partial charge in [0.1, 0.15) is 18.7 Å². The largest absolute Gasteiger partial charge is 0.337 e. The van der Waals surface area contributed by atoms with E-state index in [1.165, 1.54) is 6.33 Å². The van der Waals surface area contributed by atoms with Crippen LogP contribution in [0, 0.1) is 5.92 Å². The molecule has 122 valence electrons. The van der Waals surface area contributed by atoms with Crippen molar-refractivity contribution in [2.24, 2.45) is 5.92 Å². The van der Waals surface area contributed by atoms with Crippen LogP contribution >= 0.6 is 0 Å². The number of carbonyl (C=O) groups excluding carboxylic acids is 1. The van der Waals surface area contributed by atoms with Crippen LogP contribution in [-0.2, 0) is 4.79 Å². The van der Waals surface area contributed by atoms with Gasteiger partial charge in [0.2, 0.25) is 11.9 Å². The minimum absolute atomic E-state index is 0.0964. The highest BCUT2D eigenvalue weighted by Gasteiger charge is 2.31. The number of amides is 1. The van der Waals surface area contributed by atoms with Crippen LogP contribution in [0.15, 0.2) is 31.1 Å². The van der Waals surface area contributed by atoms with Gasteiger partial charge in [-0.05, 0) is 12.0 Å². The van der Waals surface area contributed by atoms with Crippen molar-refractivity contribution in [2.75, 3.05) is 31.1 Å². The van der Waals surface area contributed by atoms with Gasteiger partial charge in [-0.1, -0.05) is 13.8 Å². The average molecular weight is 315 g/mol. The summed E-state index contributed by atoms with van der Waals surface area (Å²) in [7, 11) is 0. The van der Waals surface area contributed by atoms with Crippen molar-refractivity contribution in [1.29, 1.82) is 0 Å². The van der Waals surface area contributed by atoms with E-state index in [9.17, 15) is 4.79 Å². The van der Waals surface area contributed by atoms with Crippen LogP contribution in [-0.4, -0.2) is 61.7 Å². The van der Waals surface area contributed by atoms with Gasteiger partial charge >= 0.3 is 0 Å². The van der Waals surface area contributed by atoms with Crippen molar-refractivity contribution >= 4 is 11.9 Å². The molecule has 1 amide bonds. The van der Waals surface area contributed by atoms with E-state index in [1.807, 2.05) is 18.7 Å². The van der Waals surface area contributed by atoms with Gasteiger partial charge < -0.3 is 9.80 Å². The Bertz CT molecular complexity index is 621. The normalized spacial score (nSPS) is 16.7. The third kappa shape index (κ3) is 3.30. The maximum atomic E-state index is 12.9. The van der Waals surface area contributed by atoms with E-state index in [0.29, 0.717) is 13.1 Å². The molecular formula is C15H21N7O. The zero-order chi connectivity index (χ0) is 16.2.